The van der Waals surface area contributed by atoms with Crippen LogP contribution in [-0.2, 0) is 22.8 Å². The molecule has 3 aromatic rings. The number of carbonyl (C=O) groups excluding carboxylic acids is 1. The molecule has 0 aliphatic rings. The van der Waals surface area contributed by atoms with Crippen molar-refractivity contribution < 1.29 is 75.2 Å². The van der Waals surface area contributed by atoms with E-state index in [1.54, 1.807) is 12.1 Å². The number of alkyl halides is 3. The molecule has 32 heavy (non-hydrogen) atoms. The minimum absolute atomic E-state index is 0. The zero-order valence-corrected chi connectivity index (χ0v) is 21.9. The number of nitrogens with one attached hydrogen (secondary N) is 2. The van der Waals surface area contributed by atoms with Gasteiger partial charge in [-0.05, 0) is 48.0 Å². The number of carbonyl (C=O) groups is 1. The van der Waals surface area contributed by atoms with Crippen molar-refractivity contribution in [3.63, 3.8) is 0 Å². The van der Waals surface area contributed by atoms with Crippen LogP contribution in [0.25, 0.3) is 5.14 Å². The van der Waals surface area contributed by atoms with Gasteiger partial charge >= 0.3 is 6.18 Å². The second kappa shape index (κ2) is 10.8. The number of hydrogen-bond donors (Lipinski definition) is 1. The number of hydrogen-bond acceptors (Lipinski definition) is 4. The molecule has 0 heterocycles. The first-order chi connectivity index (χ1) is 14.5. The van der Waals surface area contributed by atoms with Crippen LogP contribution in [0.1, 0.15) is 21.5 Å². The average molecular weight is 676 g/mol. The molecule has 2 N–H and O–H groups in total. The largest absolute Gasteiger partial charge is 0.560 e. The monoisotopic (exact) mass is 676 g/mol. The summed E-state index contributed by atoms with van der Waals surface area (Å²) in [7, 11) is -4.28. The van der Waals surface area contributed by atoms with Crippen LogP contribution in [0.2, 0.25) is 0 Å². The number of benzene rings is 3. The molecular weight excluding hydrogens is 660 g/mol. The molecule has 0 aromatic heterocycles. The van der Waals surface area contributed by atoms with Crippen LogP contribution >= 0.6 is 0 Å². The van der Waals surface area contributed by atoms with Gasteiger partial charge in [-0.15, -0.1) is 0 Å². The van der Waals surface area contributed by atoms with E-state index in [4.69, 9.17) is 9.88 Å². The molecule has 0 saturated carbocycles. The van der Waals surface area contributed by atoms with Crippen molar-refractivity contribution in [1.82, 2.24) is 0 Å². The van der Waals surface area contributed by atoms with Crippen LogP contribution in [0.3, 0.4) is 0 Å². The Kier molecular flexibility index (Phi) is 8.88. The number of halogens is 3. The van der Waals surface area contributed by atoms with Gasteiger partial charge in [-0.1, -0.05) is 30.3 Å². The Morgan fingerprint density at radius 2 is 1.62 bits per heavy atom. The van der Waals surface area contributed by atoms with Crippen molar-refractivity contribution in [2.75, 3.05) is 5.32 Å². The number of anilines is 1. The fourth-order valence-electron chi connectivity index (χ4n) is 2.68. The molecule has 0 aliphatic heterocycles. The van der Waals surface area contributed by atoms with Gasteiger partial charge in [0.05, 0.1) is 16.1 Å². The molecule has 165 valence electrons. The fourth-order valence-corrected chi connectivity index (χ4v) is 3.35. The molecule has 3 rings (SSSR count). The van der Waals surface area contributed by atoms with E-state index >= 15 is 0 Å². The zero-order chi connectivity index (χ0) is 22.6. The van der Waals surface area contributed by atoms with Crippen molar-refractivity contribution in [2.45, 2.75) is 17.7 Å². The second-order valence-corrected chi connectivity index (χ2v) is 7.91. The first kappa shape index (κ1) is 26.3. The molecule has 0 bridgehead atoms. The molecule has 6 nitrogen and oxygen atoms in total. The number of sulfonamides is 1. The van der Waals surface area contributed by atoms with Crippen LogP contribution < -0.4 is 10.1 Å². The normalized spacial score (nSPS) is 11.4. The third-order valence-electron chi connectivity index (χ3n) is 4.21. The van der Waals surface area contributed by atoms with Gasteiger partial charge in [0.1, 0.15) is 22.4 Å². The van der Waals surface area contributed by atoms with Gasteiger partial charge in [-0.2, -0.15) is 13.2 Å². The number of rotatable bonds is 6. The Balaban J connectivity index is 0.00000363. The van der Waals surface area contributed by atoms with Crippen molar-refractivity contribution in [2.24, 2.45) is 0 Å². The predicted molar refractivity (Wildman–Crippen MR) is 108 cm³/mol. The van der Waals surface area contributed by atoms with E-state index in [0.29, 0.717) is 11.3 Å². The Morgan fingerprint density at radius 1 is 0.969 bits per heavy atom. The SMILES string of the molecule is [Ac].[NH-]S(=O)(=O)c1ccccc1NC(=O)c1cccc(OCc2ccc(C(F)(F)F)cc2)c1. The molecule has 0 unspecified atom stereocenters. The Morgan fingerprint density at radius 3 is 2.25 bits per heavy atom. The zero-order valence-electron chi connectivity index (χ0n) is 16.4. The minimum Gasteiger partial charge on any atom is -0.560 e. The van der Waals surface area contributed by atoms with Crippen LogP contribution in [0.5, 0.6) is 5.75 Å². The van der Waals surface area contributed by atoms with Crippen molar-refractivity contribution >= 4 is 21.6 Å². The first-order valence-corrected chi connectivity index (χ1v) is 10.3. The summed E-state index contributed by atoms with van der Waals surface area (Å²) >= 11 is 0. The molecule has 0 aliphatic carbocycles. The van der Waals surface area contributed by atoms with Crippen molar-refractivity contribution in [3.8, 4) is 5.75 Å². The predicted octanol–water partition coefficient (Wildman–Crippen LogP) is 5.28. The maximum atomic E-state index is 12.6. The molecule has 3 aromatic carbocycles. The van der Waals surface area contributed by atoms with Crippen molar-refractivity contribution in [1.29, 1.82) is 0 Å². The van der Waals surface area contributed by atoms with Crippen LogP contribution in [-0.4, -0.2) is 14.3 Å². The molecule has 0 saturated heterocycles. The quantitative estimate of drug-likeness (QED) is 0.385. The van der Waals surface area contributed by atoms with Gasteiger partial charge in [-0.3, -0.25) is 4.79 Å². The summed E-state index contributed by atoms with van der Waals surface area (Å²) in [6.45, 7) is -0.0108. The summed E-state index contributed by atoms with van der Waals surface area (Å²) in [4.78, 5) is 12.2. The van der Waals surface area contributed by atoms with E-state index in [1.807, 2.05) is 0 Å². The first-order valence-electron chi connectivity index (χ1n) is 8.83. The van der Waals surface area contributed by atoms with E-state index < -0.39 is 27.7 Å². The Bertz CT molecular complexity index is 1200. The summed E-state index contributed by atoms with van der Waals surface area (Å²) < 4.78 is 66.5. The van der Waals surface area contributed by atoms with Crippen LogP contribution in [0.4, 0.5) is 18.9 Å². The smallest absolute Gasteiger partial charge is 0.416 e. The third-order valence-corrected chi connectivity index (χ3v) is 5.14. The molecular formula is C21H16AcF3N2O4S-. The number of ether oxygens (including phenoxy) is 1. The van der Waals surface area contributed by atoms with Gasteiger partial charge in [0.2, 0.25) is 0 Å². The van der Waals surface area contributed by atoms with Gasteiger partial charge < -0.3 is 15.2 Å². The van der Waals surface area contributed by atoms with Gasteiger partial charge in [0.15, 0.2) is 0 Å². The standard InChI is InChI=1S/C21H17F3N2O4S.Ac/c22-21(23,24)16-10-8-14(9-11-16)13-30-17-5-3-4-15(12-17)20(27)26-18-6-1-2-7-19(18)31(25,28)29;/h1-12H,13H2,(H3,25,26,27,28,29);/p-1. The van der Waals surface area contributed by atoms with Crippen LogP contribution in [0, 0.1) is 44.1 Å². The van der Waals surface area contributed by atoms with Gasteiger partial charge in [0.25, 0.3) is 5.91 Å². The third kappa shape index (κ3) is 7.04. The Hall–Kier alpha value is -1.93. The maximum absolute atomic E-state index is 12.6. The fraction of sp³-hybridized carbons (Fsp3) is 0.0952. The van der Waals surface area contributed by atoms with E-state index in [0.717, 1.165) is 12.1 Å². The molecule has 0 atom stereocenters. The second-order valence-electron chi connectivity index (χ2n) is 6.46. The van der Waals surface area contributed by atoms with Crippen molar-refractivity contribution in [3.05, 3.63) is 94.6 Å². The number of para-hydroxylation sites is 1. The molecule has 1 radical (unpaired) electrons. The van der Waals surface area contributed by atoms with E-state index in [9.17, 15) is 26.4 Å². The minimum atomic E-state index is -4.42. The van der Waals surface area contributed by atoms with Gasteiger partial charge in [-0.25, -0.2) is 8.42 Å². The van der Waals surface area contributed by atoms with E-state index in [-0.39, 0.29) is 66.8 Å². The summed E-state index contributed by atoms with van der Waals surface area (Å²) in [6, 6.07) is 16.1. The topological polar surface area (TPSA) is 96.3 Å². The number of amides is 1. The summed E-state index contributed by atoms with van der Waals surface area (Å²) in [5, 5.41) is 9.67. The Labute approximate surface area is 218 Å². The molecule has 1 amide bonds. The summed E-state index contributed by atoms with van der Waals surface area (Å²) in [5.74, 6) is -0.315. The van der Waals surface area contributed by atoms with E-state index in [2.05, 4.69) is 5.32 Å². The maximum Gasteiger partial charge on any atom is 0.416 e. The summed E-state index contributed by atoms with van der Waals surface area (Å²) in [6.07, 6.45) is -4.42. The molecule has 11 heteroatoms. The van der Waals surface area contributed by atoms with Gasteiger partial charge in [0, 0.05) is 49.6 Å². The summed E-state index contributed by atoms with van der Waals surface area (Å²) in [5.41, 5.74) is -0.108. The average Bonchev–Trinajstić information content (AvgIpc) is 2.72. The van der Waals surface area contributed by atoms with Crippen LogP contribution in [0.15, 0.2) is 77.7 Å². The molecule has 0 spiro atoms. The van der Waals surface area contributed by atoms with E-state index in [1.165, 1.54) is 48.5 Å². The molecule has 0 fully saturated rings.